The molecular weight excluding hydrogens is 484 g/mol. The number of esters is 1. The Balaban J connectivity index is 1.67. The number of ether oxygens (including phenoxy) is 2. The van der Waals surface area contributed by atoms with Crippen molar-refractivity contribution >= 4 is 35.1 Å². The second-order valence-corrected chi connectivity index (χ2v) is 10.2. The highest BCUT2D eigenvalue weighted by atomic mass is 35.5. The molecule has 1 aromatic carbocycles. The largest absolute Gasteiger partial charge is 0.465 e. The lowest BCUT2D eigenvalue weighted by molar-refractivity contribution is -0.155. The minimum atomic E-state index is -1.38. The van der Waals surface area contributed by atoms with Crippen LogP contribution < -0.4 is 4.90 Å². The van der Waals surface area contributed by atoms with E-state index in [0.29, 0.717) is 23.6 Å². The summed E-state index contributed by atoms with van der Waals surface area (Å²) in [6.07, 6.45) is 8.49. The molecule has 1 unspecified atom stereocenters. The maximum Gasteiger partial charge on any atom is 0.312 e. The van der Waals surface area contributed by atoms with Crippen LogP contribution in [0.25, 0.3) is 0 Å². The van der Waals surface area contributed by atoms with Crippen LogP contribution in [0, 0.1) is 18.8 Å². The number of aryl methyl sites for hydroxylation is 1. The predicted octanol–water partition coefficient (Wildman–Crippen LogP) is 2.80. The molecule has 1 spiro atoms. The predicted molar refractivity (Wildman–Crippen MR) is 133 cm³/mol. The Morgan fingerprint density at radius 2 is 2.03 bits per heavy atom. The molecule has 2 fully saturated rings. The number of allylic oxidation sites excluding steroid dienone is 1. The third-order valence-corrected chi connectivity index (χ3v) is 8.13. The average molecular weight is 515 g/mol. The van der Waals surface area contributed by atoms with Crippen LogP contribution in [0.2, 0.25) is 5.02 Å². The number of carbonyl (C=O) groups is 3. The molecule has 9 heteroatoms. The van der Waals surface area contributed by atoms with Gasteiger partial charge in [-0.15, -0.1) is 0 Å². The summed E-state index contributed by atoms with van der Waals surface area (Å²) in [4.78, 5) is 44.7. The Morgan fingerprint density at radius 1 is 1.22 bits per heavy atom. The van der Waals surface area contributed by atoms with Gasteiger partial charge in [-0.25, -0.2) is 0 Å². The number of para-hydroxylation sites is 1. The molecule has 4 aliphatic rings. The molecule has 4 aliphatic heterocycles. The molecule has 2 saturated heterocycles. The van der Waals surface area contributed by atoms with Gasteiger partial charge in [0.1, 0.15) is 17.6 Å². The van der Waals surface area contributed by atoms with E-state index in [2.05, 4.69) is 0 Å². The molecule has 1 N–H and O–H groups in total. The number of aliphatic hydroxyl groups excluding tert-OH is 1. The number of fused-ring (bicyclic) bond motifs is 2. The second kappa shape index (κ2) is 9.65. The van der Waals surface area contributed by atoms with Gasteiger partial charge in [-0.1, -0.05) is 55.0 Å². The van der Waals surface area contributed by atoms with E-state index in [-0.39, 0.29) is 31.6 Å². The van der Waals surface area contributed by atoms with E-state index in [1.807, 2.05) is 44.2 Å². The Morgan fingerprint density at radius 3 is 2.75 bits per heavy atom. The third-order valence-electron chi connectivity index (χ3n) is 7.82. The molecule has 6 atom stereocenters. The lowest BCUT2D eigenvalue weighted by Gasteiger charge is -2.38. The van der Waals surface area contributed by atoms with Crippen molar-refractivity contribution in [3.05, 3.63) is 53.1 Å². The Labute approximate surface area is 215 Å². The van der Waals surface area contributed by atoms with Crippen molar-refractivity contribution in [2.24, 2.45) is 11.8 Å². The second-order valence-electron chi connectivity index (χ2n) is 9.83. The van der Waals surface area contributed by atoms with Crippen molar-refractivity contribution in [3.63, 3.8) is 0 Å². The highest BCUT2D eigenvalue weighted by molar-refractivity contribution is 6.34. The quantitative estimate of drug-likeness (QED) is 0.490. The number of nitrogens with zero attached hydrogens (tertiary/aromatic N) is 2. The van der Waals surface area contributed by atoms with E-state index in [9.17, 15) is 19.5 Å². The minimum absolute atomic E-state index is 0.227. The highest BCUT2D eigenvalue weighted by Crippen LogP contribution is 2.54. The highest BCUT2D eigenvalue weighted by Gasteiger charge is 2.72. The summed E-state index contributed by atoms with van der Waals surface area (Å²) in [7, 11) is 0. The smallest absolute Gasteiger partial charge is 0.312 e. The van der Waals surface area contributed by atoms with E-state index in [1.165, 1.54) is 4.90 Å². The molecule has 8 nitrogen and oxygen atoms in total. The molecule has 4 heterocycles. The van der Waals surface area contributed by atoms with Gasteiger partial charge in [0.15, 0.2) is 0 Å². The summed E-state index contributed by atoms with van der Waals surface area (Å²) in [5, 5.41) is 10.6. The number of halogens is 1. The van der Waals surface area contributed by atoms with Crippen molar-refractivity contribution < 1.29 is 29.0 Å². The monoisotopic (exact) mass is 514 g/mol. The van der Waals surface area contributed by atoms with Crippen molar-refractivity contribution in [2.75, 3.05) is 24.7 Å². The van der Waals surface area contributed by atoms with Gasteiger partial charge in [-0.2, -0.15) is 0 Å². The van der Waals surface area contributed by atoms with Crippen LogP contribution in [-0.4, -0.2) is 71.3 Å². The minimum Gasteiger partial charge on any atom is -0.465 e. The molecule has 192 valence electrons. The van der Waals surface area contributed by atoms with Crippen LogP contribution in [0.3, 0.4) is 0 Å². The van der Waals surface area contributed by atoms with Crippen LogP contribution in [-0.2, 0) is 23.9 Å². The molecule has 5 rings (SSSR count). The molecule has 0 aromatic heterocycles. The van der Waals surface area contributed by atoms with Crippen LogP contribution in [0.15, 0.2) is 42.5 Å². The lowest BCUT2D eigenvalue weighted by Crippen LogP contribution is -2.58. The number of cyclic esters (lactones) is 1. The molecule has 1 aromatic rings. The Bertz CT molecular complexity index is 1110. The molecule has 0 bridgehead atoms. The first-order valence-corrected chi connectivity index (χ1v) is 12.9. The van der Waals surface area contributed by atoms with E-state index < -0.39 is 41.6 Å². The molecule has 2 amide bonds. The van der Waals surface area contributed by atoms with Gasteiger partial charge < -0.3 is 24.4 Å². The van der Waals surface area contributed by atoms with Crippen molar-refractivity contribution in [3.8, 4) is 0 Å². The number of anilines is 1. The fourth-order valence-corrected chi connectivity index (χ4v) is 6.49. The first kappa shape index (κ1) is 25.0. The maximum absolute atomic E-state index is 14.4. The standard InChI is InChI=1S/C27H31ClN2O6/c1-3-17(15-31)30-23-25(33)29(22-16(2)9-7-10-18(22)28)13-8-12-27(23)21(24(30)32)20-19(36-27)11-5-4-6-14-35-26(20)34/h5,7-12,17,19-21,23,31H,3-4,6,13-15H2,1-2H3/b11-5-/t17-,19-,20+,21-,23?,27-/m0/s1. The number of amides is 2. The van der Waals surface area contributed by atoms with Gasteiger partial charge in [0.2, 0.25) is 5.91 Å². The number of likely N-dealkylation sites (tertiary alicyclic amines) is 1. The summed E-state index contributed by atoms with van der Waals surface area (Å²) in [5.74, 6) is -3.07. The van der Waals surface area contributed by atoms with Crippen LogP contribution in [0.4, 0.5) is 5.69 Å². The van der Waals surface area contributed by atoms with Gasteiger partial charge in [0, 0.05) is 6.54 Å². The van der Waals surface area contributed by atoms with Crippen LogP contribution in [0.1, 0.15) is 31.7 Å². The van der Waals surface area contributed by atoms with Crippen LogP contribution >= 0.6 is 11.6 Å². The summed E-state index contributed by atoms with van der Waals surface area (Å²) >= 11 is 6.55. The SMILES string of the molecule is CC[C@@H](CO)N1C(=O)[C@@H]2[C@@H]3C(=O)OCCC/C=C\[C@@H]3O[C@@]23C=CCN(c2c(C)cccc2Cl)C(=O)C13. The molecular formula is C27H31ClN2O6. The zero-order valence-electron chi connectivity index (χ0n) is 20.4. The summed E-state index contributed by atoms with van der Waals surface area (Å²) < 4.78 is 12.1. The molecule has 0 radical (unpaired) electrons. The van der Waals surface area contributed by atoms with Crippen molar-refractivity contribution in [1.82, 2.24) is 4.90 Å². The Hall–Kier alpha value is -2.68. The van der Waals surface area contributed by atoms with Gasteiger partial charge in [-0.05, 0) is 37.8 Å². The average Bonchev–Trinajstić information content (AvgIpc) is 3.26. The van der Waals surface area contributed by atoms with Gasteiger partial charge in [0.25, 0.3) is 5.91 Å². The van der Waals surface area contributed by atoms with Crippen LogP contribution in [0.5, 0.6) is 0 Å². The summed E-state index contributed by atoms with van der Waals surface area (Å²) in [5.41, 5.74) is 0.00981. The third kappa shape index (κ3) is 3.69. The summed E-state index contributed by atoms with van der Waals surface area (Å²) in [6, 6.07) is 3.73. The first-order valence-electron chi connectivity index (χ1n) is 12.5. The summed E-state index contributed by atoms with van der Waals surface area (Å²) in [6.45, 7) is 3.89. The van der Waals surface area contributed by atoms with E-state index >= 15 is 0 Å². The van der Waals surface area contributed by atoms with E-state index in [0.717, 1.165) is 12.0 Å². The van der Waals surface area contributed by atoms with E-state index in [4.69, 9.17) is 21.1 Å². The molecule has 36 heavy (non-hydrogen) atoms. The van der Waals surface area contributed by atoms with Gasteiger partial charge in [0.05, 0.1) is 42.0 Å². The number of benzene rings is 1. The van der Waals surface area contributed by atoms with Crippen molar-refractivity contribution in [2.45, 2.75) is 56.9 Å². The zero-order valence-corrected chi connectivity index (χ0v) is 21.2. The Kier molecular flexibility index (Phi) is 6.70. The normalized spacial score (nSPS) is 33.6. The van der Waals surface area contributed by atoms with Crippen molar-refractivity contribution in [1.29, 1.82) is 0 Å². The fourth-order valence-electron chi connectivity index (χ4n) is 6.17. The number of aliphatic hydroxyl groups is 1. The number of carbonyl (C=O) groups excluding carboxylic acids is 3. The lowest BCUT2D eigenvalue weighted by atomic mass is 9.78. The number of rotatable bonds is 4. The maximum atomic E-state index is 14.4. The topological polar surface area (TPSA) is 96.4 Å². The first-order chi connectivity index (χ1) is 17.4. The fraction of sp³-hybridized carbons (Fsp3) is 0.519. The molecule has 0 aliphatic carbocycles. The van der Waals surface area contributed by atoms with Gasteiger partial charge >= 0.3 is 5.97 Å². The molecule has 0 saturated carbocycles. The number of hydrogen-bond acceptors (Lipinski definition) is 6. The van der Waals surface area contributed by atoms with Gasteiger partial charge in [-0.3, -0.25) is 14.4 Å². The zero-order chi connectivity index (χ0) is 25.6. The van der Waals surface area contributed by atoms with E-state index in [1.54, 1.807) is 17.0 Å². The number of hydrogen-bond donors (Lipinski definition) is 1.